The fraction of sp³-hybridized carbons (Fsp3) is 0.787. The number of unbranched alkanes of at least 4 members (excludes halogenated alkanes) is 18. The van der Waals surface area contributed by atoms with E-state index in [1.807, 2.05) is 12.2 Å². The SMILES string of the molecule is CC/C=C\C/C=C\C/C=C\C/C=C\C[C@H](O)[C@@H](O)CCCC(=O)OC[C@H](COP(=O)(O)OCCN)OC(=O)CCCCCCCCCCCCCCCCCCCCC. The highest BCUT2D eigenvalue weighted by molar-refractivity contribution is 7.47. The predicted octanol–water partition coefficient (Wildman–Crippen LogP) is 11.4. The van der Waals surface area contributed by atoms with Gasteiger partial charge in [-0.05, 0) is 51.4 Å². The molecule has 0 bridgehead atoms. The molecule has 0 spiro atoms. The van der Waals surface area contributed by atoms with Crippen LogP contribution in [0, 0.1) is 0 Å². The minimum Gasteiger partial charge on any atom is -0.462 e. The third-order valence-corrected chi connectivity index (χ3v) is 10.9. The summed E-state index contributed by atoms with van der Waals surface area (Å²) in [6.07, 6.45) is 41.8. The van der Waals surface area contributed by atoms with Gasteiger partial charge in [0.2, 0.25) is 0 Å². The molecule has 0 rings (SSSR count). The molecule has 0 saturated carbocycles. The molecular formula is C47H86NO10P. The van der Waals surface area contributed by atoms with Crippen molar-refractivity contribution >= 4 is 19.8 Å². The Morgan fingerprint density at radius 2 is 1.03 bits per heavy atom. The second kappa shape index (κ2) is 42.6. The fourth-order valence-corrected chi connectivity index (χ4v) is 7.14. The number of allylic oxidation sites excluding steroid dienone is 7. The fourth-order valence-electron chi connectivity index (χ4n) is 6.37. The first kappa shape index (κ1) is 56.9. The van der Waals surface area contributed by atoms with Gasteiger partial charge in [-0.15, -0.1) is 0 Å². The van der Waals surface area contributed by atoms with Gasteiger partial charge in [0.05, 0.1) is 25.4 Å². The van der Waals surface area contributed by atoms with E-state index in [-0.39, 0.29) is 45.4 Å². The molecule has 344 valence electrons. The van der Waals surface area contributed by atoms with Crippen LogP contribution in [0.1, 0.15) is 194 Å². The lowest BCUT2D eigenvalue weighted by Gasteiger charge is -2.20. The Morgan fingerprint density at radius 1 is 0.576 bits per heavy atom. The van der Waals surface area contributed by atoms with Crippen molar-refractivity contribution < 1.29 is 47.8 Å². The number of carbonyl (C=O) groups excluding carboxylic acids is 2. The van der Waals surface area contributed by atoms with Gasteiger partial charge in [-0.1, -0.05) is 178 Å². The predicted molar refractivity (Wildman–Crippen MR) is 241 cm³/mol. The summed E-state index contributed by atoms with van der Waals surface area (Å²) in [5, 5.41) is 20.7. The van der Waals surface area contributed by atoms with Crippen LogP contribution in [-0.2, 0) is 32.7 Å². The number of rotatable bonds is 43. The van der Waals surface area contributed by atoms with Crippen molar-refractivity contribution in [1.29, 1.82) is 0 Å². The maximum Gasteiger partial charge on any atom is 0.472 e. The number of hydrogen-bond acceptors (Lipinski definition) is 10. The monoisotopic (exact) mass is 856 g/mol. The molecule has 0 aliphatic heterocycles. The summed E-state index contributed by atoms with van der Waals surface area (Å²) < 4.78 is 32.6. The van der Waals surface area contributed by atoms with Crippen molar-refractivity contribution in [2.75, 3.05) is 26.4 Å². The number of carbonyl (C=O) groups is 2. The third kappa shape index (κ3) is 41.0. The highest BCUT2D eigenvalue weighted by atomic mass is 31.2. The van der Waals surface area contributed by atoms with Gasteiger partial charge in [-0.2, -0.15) is 0 Å². The molecule has 11 nitrogen and oxygen atoms in total. The molecule has 5 N–H and O–H groups in total. The van der Waals surface area contributed by atoms with Crippen LogP contribution in [0.2, 0.25) is 0 Å². The van der Waals surface area contributed by atoms with Gasteiger partial charge in [0, 0.05) is 19.4 Å². The number of aliphatic hydroxyl groups is 2. The zero-order valence-corrected chi connectivity index (χ0v) is 38.1. The summed E-state index contributed by atoms with van der Waals surface area (Å²) in [6.45, 7) is 3.30. The Balaban J connectivity index is 4.31. The van der Waals surface area contributed by atoms with E-state index in [1.54, 1.807) is 0 Å². The van der Waals surface area contributed by atoms with Gasteiger partial charge < -0.3 is 30.3 Å². The van der Waals surface area contributed by atoms with Crippen molar-refractivity contribution in [2.24, 2.45) is 5.73 Å². The van der Waals surface area contributed by atoms with E-state index in [2.05, 4.69) is 50.3 Å². The number of ether oxygens (including phenoxy) is 2. The summed E-state index contributed by atoms with van der Waals surface area (Å²) in [4.78, 5) is 35.0. The number of phosphoric acid groups is 1. The Hall–Kier alpha value is -2.11. The van der Waals surface area contributed by atoms with Crippen LogP contribution >= 0.6 is 7.82 Å². The molecule has 0 amide bonds. The van der Waals surface area contributed by atoms with Gasteiger partial charge in [-0.3, -0.25) is 18.6 Å². The van der Waals surface area contributed by atoms with Gasteiger partial charge in [0.15, 0.2) is 6.10 Å². The quantitative estimate of drug-likeness (QED) is 0.0199. The van der Waals surface area contributed by atoms with Crippen LogP contribution in [0.3, 0.4) is 0 Å². The molecule has 0 aliphatic rings. The average molecular weight is 856 g/mol. The lowest BCUT2D eigenvalue weighted by atomic mass is 10.0. The first-order valence-corrected chi connectivity index (χ1v) is 24.8. The third-order valence-electron chi connectivity index (χ3n) is 9.93. The van der Waals surface area contributed by atoms with Crippen molar-refractivity contribution in [1.82, 2.24) is 0 Å². The second-order valence-electron chi connectivity index (χ2n) is 15.6. The summed E-state index contributed by atoms with van der Waals surface area (Å²) in [5.41, 5.74) is 5.34. The van der Waals surface area contributed by atoms with Gasteiger partial charge in [-0.25, -0.2) is 4.57 Å². The Kier molecular flexibility index (Phi) is 41.1. The molecule has 0 aromatic rings. The van der Waals surface area contributed by atoms with E-state index >= 15 is 0 Å². The summed E-state index contributed by atoms with van der Waals surface area (Å²) >= 11 is 0. The van der Waals surface area contributed by atoms with Gasteiger partial charge in [0.25, 0.3) is 0 Å². The molecule has 12 heteroatoms. The smallest absolute Gasteiger partial charge is 0.462 e. The standard InChI is InChI=1S/C47H86NO10P/c1-3-5-7-9-11-13-15-17-18-19-20-21-22-23-25-27-29-31-33-37-47(52)58-43(42-57-59(53,54)56-40-39-48)41-55-46(51)38-34-36-45(50)44(49)35-32-30-28-26-24-16-14-12-10-8-6-4-2/h6,8,12,14,24,26,30,32,43-45,49-50H,3-5,7,9-11,13,15-23,25,27-29,31,33-42,48H2,1-2H3,(H,53,54)/b8-6-,14-12-,26-24-,32-30-/t43-,44+,45+/m1/s1. The van der Waals surface area contributed by atoms with E-state index in [9.17, 15) is 29.3 Å². The lowest BCUT2D eigenvalue weighted by Crippen LogP contribution is -2.30. The van der Waals surface area contributed by atoms with Crippen LogP contribution in [-0.4, -0.2) is 71.7 Å². The minimum atomic E-state index is -4.45. The second-order valence-corrected chi connectivity index (χ2v) is 17.0. The number of nitrogens with two attached hydrogens (primary N) is 1. The van der Waals surface area contributed by atoms with E-state index in [0.29, 0.717) is 12.8 Å². The molecule has 59 heavy (non-hydrogen) atoms. The molecule has 0 aromatic carbocycles. The van der Waals surface area contributed by atoms with Crippen LogP contribution in [0.4, 0.5) is 0 Å². The highest BCUT2D eigenvalue weighted by Crippen LogP contribution is 2.43. The Morgan fingerprint density at radius 3 is 1.53 bits per heavy atom. The molecule has 1 unspecified atom stereocenters. The normalized spacial score (nSPS) is 14.7. The average Bonchev–Trinajstić information content (AvgIpc) is 3.22. The van der Waals surface area contributed by atoms with Crippen LogP contribution < -0.4 is 5.73 Å². The molecule has 0 aromatic heterocycles. The van der Waals surface area contributed by atoms with Crippen molar-refractivity contribution in [3.05, 3.63) is 48.6 Å². The van der Waals surface area contributed by atoms with Crippen molar-refractivity contribution in [2.45, 2.75) is 212 Å². The molecule has 0 fully saturated rings. The number of esters is 2. The summed E-state index contributed by atoms with van der Waals surface area (Å²) in [5.74, 6) is -1.11. The van der Waals surface area contributed by atoms with Gasteiger partial charge >= 0.3 is 19.8 Å². The van der Waals surface area contributed by atoms with Crippen molar-refractivity contribution in [3.8, 4) is 0 Å². The number of hydrogen-bond donors (Lipinski definition) is 4. The molecule has 0 heterocycles. The van der Waals surface area contributed by atoms with Crippen molar-refractivity contribution in [3.63, 3.8) is 0 Å². The van der Waals surface area contributed by atoms with Crippen LogP contribution in [0.25, 0.3) is 0 Å². The molecule has 0 radical (unpaired) electrons. The molecule has 0 saturated heterocycles. The lowest BCUT2D eigenvalue weighted by molar-refractivity contribution is -0.161. The molecular weight excluding hydrogens is 769 g/mol. The highest BCUT2D eigenvalue weighted by Gasteiger charge is 2.26. The first-order valence-electron chi connectivity index (χ1n) is 23.3. The van der Waals surface area contributed by atoms with E-state index in [1.165, 1.54) is 96.3 Å². The zero-order valence-electron chi connectivity index (χ0n) is 37.2. The number of aliphatic hydroxyl groups excluding tert-OH is 2. The maximum absolute atomic E-state index is 12.6. The Labute approximate surface area is 359 Å². The topological polar surface area (TPSA) is 175 Å². The van der Waals surface area contributed by atoms with E-state index < -0.39 is 44.7 Å². The summed E-state index contributed by atoms with van der Waals surface area (Å²) in [7, 11) is -4.45. The maximum atomic E-state index is 12.6. The van der Waals surface area contributed by atoms with Crippen LogP contribution in [0.5, 0.6) is 0 Å². The zero-order chi connectivity index (χ0) is 43.5. The summed E-state index contributed by atoms with van der Waals surface area (Å²) in [6, 6.07) is 0. The van der Waals surface area contributed by atoms with Gasteiger partial charge in [0.1, 0.15) is 6.61 Å². The first-order chi connectivity index (χ1) is 28.6. The molecule has 4 atom stereocenters. The van der Waals surface area contributed by atoms with E-state index in [0.717, 1.165) is 44.9 Å². The minimum absolute atomic E-state index is 0.0134. The largest absolute Gasteiger partial charge is 0.472 e. The number of phosphoric ester groups is 1. The Bertz CT molecular complexity index is 1140. The van der Waals surface area contributed by atoms with Crippen LogP contribution in [0.15, 0.2) is 48.6 Å². The molecule has 0 aliphatic carbocycles. The van der Waals surface area contributed by atoms with E-state index in [4.69, 9.17) is 24.3 Å².